The number of nitrogens with one attached hydrogen (secondary N) is 1. The van der Waals surface area contributed by atoms with E-state index in [0.717, 1.165) is 0 Å². The summed E-state index contributed by atoms with van der Waals surface area (Å²) in [6, 6.07) is 6.06. The molecule has 0 atom stereocenters. The predicted octanol–water partition coefficient (Wildman–Crippen LogP) is 3.79. The Bertz CT molecular complexity index is 615. The fraction of sp³-hybridized carbons (Fsp3) is 0.154. The minimum Gasteiger partial charge on any atom is -0.490 e. The Kier molecular flexibility index (Phi) is 5.19. The van der Waals surface area contributed by atoms with E-state index in [4.69, 9.17) is 27.9 Å². The molecule has 0 bridgehead atoms. The van der Waals surface area contributed by atoms with Crippen LogP contribution in [-0.2, 0) is 0 Å². The molecule has 8 heteroatoms. The summed E-state index contributed by atoms with van der Waals surface area (Å²) < 4.78 is 5.45. The van der Waals surface area contributed by atoms with Gasteiger partial charge in [-0.2, -0.15) is 0 Å². The lowest BCUT2D eigenvalue weighted by Gasteiger charge is -2.11. The topological polar surface area (TPSA) is 77.3 Å². The van der Waals surface area contributed by atoms with Crippen LogP contribution >= 0.6 is 23.2 Å². The molecule has 0 aliphatic heterocycles. The number of hydrogen-bond donors (Lipinski definition) is 1. The summed E-state index contributed by atoms with van der Waals surface area (Å²) in [6.45, 7) is 0.807. The second-order valence-corrected chi connectivity index (χ2v) is 4.82. The summed E-state index contributed by atoms with van der Waals surface area (Å²) >= 11 is 11.9. The third-order valence-electron chi connectivity index (χ3n) is 2.54. The second kappa shape index (κ2) is 7.10. The smallest absolute Gasteiger partial charge is 0.272 e. The molecule has 0 aliphatic carbocycles. The molecule has 110 valence electrons. The summed E-state index contributed by atoms with van der Waals surface area (Å²) in [6.07, 6.45) is 3.26. The molecule has 2 rings (SSSR count). The first-order valence-electron chi connectivity index (χ1n) is 5.98. The zero-order valence-corrected chi connectivity index (χ0v) is 12.3. The number of nitro benzene ring substituents is 1. The van der Waals surface area contributed by atoms with Crippen molar-refractivity contribution in [3.05, 3.63) is 56.8 Å². The average molecular weight is 328 g/mol. The Balaban J connectivity index is 1.93. The molecule has 0 saturated heterocycles. The van der Waals surface area contributed by atoms with Gasteiger partial charge in [-0.3, -0.25) is 15.1 Å². The van der Waals surface area contributed by atoms with Gasteiger partial charge in [0.15, 0.2) is 0 Å². The van der Waals surface area contributed by atoms with E-state index in [2.05, 4.69) is 10.3 Å². The van der Waals surface area contributed by atoms with Gasteiger partial charge in [0.05, 0.1) is 26.9 Å². The molecule has 0 radical (unpaired) electrons. The van der Waals surface area contributed by atoms with Crippen LogP contribution in [0.25, 0.3) is 0 Å². The molecule has 0 fully saturated rings. The van der Waals surface area contributed by atoms with Crippen molar-refractivity contribution in [1.29, 1.82) is 0 Å². The van der Waals surface area contributed by atoms with Crippen molar-refractivity contribution < 1.29 is 9.66 Å². The molecule has 1 aromatic carbocycles. The van der Waals surface area contributed by atoms with Crippen molar-refractivity contribution in [2.45, 2.75) is 0 Å². The van der Waals surface area contributed by atoms with Crippen LogP contribution in [-0.4, -0.2) is 23.1 Å². The Hall–Kier alpha value is -2.05. The van der Waals surface area contributed by atoms with Crippen LogP contribution in [0.1, 0.15) is 0 Å². The number of halogens is 2. The number of rotatable bonds is 6. The summed E-state index contributed by atoms with van der Waals surface area (Å²) in [5.41, 5.74) is 0.292. The highest BCUT2D eigenvalue weighted by atomic mass is 35.5. The first-order valence-corrected chi connectivity index (χ1v) is 6.73. The minimum atomic E-state index is -0.549. The molecule has 1 heterocycles. The molecule has 6 nitrogen and oxygen atoms in total. The van der Waals surface area contributed by atoms with E-state index in [1.165, 1.54) is 12.1 Å². The number of non-ortho nitro benzene ring substituents is 1. The van der Waals surface area contributed by atoms with Crippen LogP contribution in [0.4, 0.5) is 11.4 Å². The molecule has 0 amide bonds. The predicted molar refractivity (Wildman–Crippen MR) is 81.3 cm³/mol. The van der Waals surface area contributed by atoms with E-state index in [0.29, 0.717) is 24.6 Å². The molecular weight excluding hydrogens is 317 g/mol. The van der Waals surface area contributed by atoms with Gasteiger partial charge in [0, 0.05) is 24.9 Å². The third kappa shape index (κ3) is 4.21. The van der Waals surface area contributed by atoms with Crippen molar-refractivity contribution >= 4 is 34.6 Å². The lowest BCUT2D eigenvalue weighted by molar-refractivity contribution is -0.384. The Morgan fingerprint density at radius 1 is 1.33 bits per heavy atom. The van der Waals surface area contributed by atoms with E-state index in [1.54, 1.807) is 24.5 Å². The molecule has 0 saturated carbocycles. The van der Waals surface area contributed by atoms with Gasteiger partial charge in [0.25, 0.3) is 5.69 Å². The molecule has 0 aliphatic rings. The molecule has 1 aromatic heterocycles. The number of aromatic nitrogens is 1. The van der Waals surface area contributed by atoms with Gasteiger partial charge in [-0.05, 0) is 12.1 Å². The minimum absolute atomic E-state index is 0.151. The summed E-state index contributed by atoms with van der Waals surface area (Å²) in [5.74, 6) is 0.653. The number of ether oxygens (including phenoxy) is 1. The molecule has 0 spiro atoms. The van der Waals surface area contributed by atoms with E-state index in [9.17, 15) is 10.1 Å². The third-order valence-corrected chi connectivity index (χ3v) is 3.14. The lowest BCUT2D eigenvalue weighted by Crippen LogP contribution is -2.12. The standard InChI is InChI=1S/C13H11Cl2N3O3/c14-11-6-9(18(19)20)7-12(15)13(11)17-4-5-21-10-2-1-3-16-8-10/h1-3,6-8,17H,4-5H2. The zero-order chi connectivity index (χ0) is 15.2. The Morgan fingerprint density at radius 2 is 2.05 bits per heavy atom. The van der Waals surface area contributed by atoms with Gasteiger partial charge in [0.1, 0.15) is 12.4 Å². The van der Waals surface area contributed by atoms with E-state index < -0.39 is 4.92 Å². The first kappa shape index (κ1) is 15.3. The van der Waals surface area contributed by atoms with Crippen molar-refractivity contribution in [1.82, 2.24) is 4.98 Å². The van der Waals surface area contributed by atoms with Gasteiger partial charge in [0.2, 0.25) is 0 Å². The van der Waals surface area contributed by atoms with Gasteiger partial charge in [-0.25, -0.2) is 0 Å². The Morgan fingerprint density at radius 3 is 2.62 bits per heavy atom. The number of hydrogen-bond acceptors (Lipinski definition) is 5. The molecule has 21 heavy (non-hydrogen) atoms. The van der Waals surface area contributed by atoms with E-state index >= 15 is 0 Å². The highest BCUT2D eigenvalue weighted by Crippen LogP contribution is 2.34. The second-order valence-electron chi connectivity index (χ2n) is 4.01. The summed E-state index contributed by atoms with van der Waals surface area (Å²) in [4.78, 5) is 14.1. The van der Waals surface area contributed by atoms with Gasteiger partial charge in [-0.15, -0.1) is 0 Å². The fourth-order valence-corrected chi connectivity index (χ4v) is 2.22. The monoisotopic (exact) mass is 327 g/mol. The largest absolute Gasteiger partial charge is 0.490 e. The summed E-state index contributed by atoms with van der Waals surface area (Å²) in [7, 11) is 0. The molecule has 1 N–H and O–H groups in total. The number of nitro groups is 1. The average Bonchev–Trinajstić information content (AvgIpc) is 2.46. The number of benzene rings is 1. The van der Waals surface area contributed by atoms with Crippen molar-refractivity contribution in [3.8, 4) is 5.75 Å². The maximum absolute atomic E-state index is 10.7. The van der Waals surface area contributed by atoms with E-state index in [1.807, 2.05) is 0 Å². The van der Waals surface area contributed by atoms with Crippen LogP contribution in [0.5, 0.6) is 5.75 Å². The van der Waals surface area contributed by atoms with Crippen LogP contribution < -0.4 is 10.1 Å². The molecule has 0 unspecified atom stereocenters. The van der Waals surface area contributed by atoms with Gasteiger partial charge < -0.3 is 10.1 Å². The normalized spacial score (nSPS) is 10.2. The van der Waals surface area contributed by atoms with Crippen molar-refractivity contribution in [2.24, 2.45) is 0 Å². The van der Waals surface area contributed by atoms with Crippen LogP contribution in [0, 0.1) is 10.1 Å². The zero-order valence-electron chi connectivity index (χ0n) is 10.8. The maximum atomic E-state index is 10.7. The Labute approximate surface area is 130 Å². The number of anilines is 1. The highest BCUT2D eigenvalue weighted by molar-refractivity contribution is 6.39. The fourth-order valence-electron chi connectivity index (χ4n) is 1.61. The SMILES string of the molecule is O=[N+]([O-])c1cc(Cl)c(NCCOc2cccnc2)c(Cl)c1. The van der Waals surface area contributed by atoms with E-state index in [-0.39, 0.29) is 15.7 Å². The molecular formula is C13H11Cl2N3O3. The quantitative estimate of drug-likeness (QED) is 0.496. The maximum Gasteiger partial charge on any atom is 0.272 e. The van der Waals surface area contributed by atoms with Crippen molar-refractivity contribution in [3.63, 3.8) is 0 Å². The van der Waals surface area contributed by atoms with Crippen LogP contribution in [0.2, 0.25) is 10.0 Å². The number of pyridine rings is 1. The first-order chi connectivity index (χ1) is 10.1. The van der Waals surface area contributed by atoms with Gasteiger partial charge >= 0.3 is 0 Å². The lowest BCUT2D eigenvalue weighted by atomic mass is 10.3. The number of nitrogens with zero attached hydrogens (tertiary/aromatic N) is 2. The van der Waals surface area contributed by atoms with Gasteiger partial charge in [-0.1, -0.05) is 23.2 Å². The van der Waals surface area contributed by atoms with Crippen LogP contribution in [0.15, 0.2) is 36.7 Å². The van der Waals surface area contributed by atoms with Crippen molar-refractivity contribution in [2.75, 3.05) is 18.5 Å². The van der Waals surface area contributed by atoms with Crippen LogP contribution in [0.3, 0.4) is 0 Å². The summed E-state index contributed by atoms with van der Waals surface area (Å²) in [5, 5.41) is 14.0. The molecule has 2 aromatic rings. The highest BCUT2D eigenvalue weighted by Gasteiger charge is 2.14.